The van der Waals surface area contributed by atoms with Gasteiger partial charge in [0.2, 0.25) is 0 Å². The molecule has 3 amide bonds. The number of carbonyl (C=O) groups is 2. The minimum atomic E-state index is -1.29. The highest BCUT2D eigenvalue weighted by molar-refractivity contribution is 8.01. The Labute approximate surface area is 199 Å². The van der Waals surface area contributed by atoms with Gasteiger partial charge in [0.25, 0.3) is 5.91 Å². The maximum Gasteiger partial charge on any atom is 0.323 e. The minimum absolute atomic E-state index is 0.158. The topological polar surface area (TPSA) is 61.9 Å². The Balaban J connectivity index is 1.54. The highest BCUT2D eigenvalue weighted by atomic mass is 32.2. The van der Waals surface area contributed by atoms with Crippen LogP contribution < -0.4 is 15.0 Å². The van der Waals surface area contributed by atoms with E-state index in [0.29, 0.717) is 40.5 Å². The van der Waals surface area contributed by atoms with E-state index in [0.717, 1.165) is 0 Å². The molecule has 174 valence electrons. The van der Waals surface area contributed by atoms with Gasteiger partial charge in [-0.05, 0) is 60.2 Å². The second-order valence-corrected chi connectivity index (χ2v) is 9.27. The molecule has 1 unspecified atom stereocenters. The number of benzene rings is 3. The van der Waals surface area contributed by atoms with Crippen LogP contribution >= 0.6 is 11.8 Å². The van der Waals surface area contributed by atoms with E-state index in [4.69, 9.17) is 4.74 Å². The molecule has 3 aromatic rings. The van der Waals surface area contributed by atoms with E-state index in [9.17, 15) is 18.4 Å². The fourth-order valence-electron chi connectivity index (χ4n) is 4.42. The summed E-state index contributed by atoms with van der Waals surface area (Å²) in [6.45, 7) is 0.500. The van der Waals surface area contributed by atoms with Crippen molar-refractivity contribution < 1.29 is 23.1 Å². The van der Waals surface area contributed by atoms with Crippen molar-refractivity contribution in [3.63, 3.8) is 0 Å². The molecule has 1 fully saturated rings. The van der Waals surface area contributed by atoms with Crippen molar-refractivity contribution in [1.29, 1.82) is 0 Å². The predicted molar refractivity (Wildman–Crippen MR) is 127 cm³/mol. The monoisotopic (exact) mass is 481 g/mol. The molecule has 34 heavy (non-hydrogen) atoms. The number of thioether (sulfide) groups is 1. The summed E-state index contributed by atoms with van der Waals surface area (Å²) in [5, 5.41) is 2.77. The molecular formula is C25H21F2N3O3S. The van der Waals surface area contributed by atoms with Gasteiger partial charge in [0, 0.05) is 23.5 Å². The smallest absolute Gasteiger partial charge is 0.323 e. The molecular weight excluding hydrogens is 460 g/mol. The number of hydrogen-bond donors (Lipinski definition) is 1. The zero-order valence-electron chi connectivity index (χ0n) is 18.3. The molecule has 5 rings (SSSR count). The van der Waals surface area contributed by atoms with Gasteiger partial charge in [0.05, 0.1) is 19.3 Å². The van der Waals surface area contributed by atoms with Crippen molar-refractivity contribution in [1.82, 2.24) is 4.90 Å². The highest BCUT2D eigenvalue weighted by Crippen LogP contribution is 2.55. The van der Waals surface area contributed by atoms with Crippen LogP contribution in [0, 0.1) is 11.6 Å². The summed E-state index contributed by atoms with van der Waals surface area (Å²) in [6, 6.07) is 16.4. The number of nitrogens with one attached hydrogen (secondary N) is 1. The average molecular weight is 482 g/mol. The second-order valence-electron chi connectivity index (χ2n) is 7.99. The SMILES string of the molecule is COc1ccc2c(c1)C1(SCCN1C(=O)Nc1ccc(F)cc1)C(=O)N2Cc1cccc(F)c1. The molecule has 3 aromatic carbocycles. The van der Waals surface area contributed by atoms with Crippen LogP contribution in [0.1, 0.15) is 11.1 Å². The zero-order valence-corrected chi connectivity index (χ0v) is 19.1. The quantitative estimate of drug-likeness (QED) is 0.573. The summed E-state index contributed by atoms with van der Waals surface area (Å²) in [5.41, 5.74) is 2.35. The summed E-state index contributed by atoms with van der Waals surface area (Å²) in [7, 11) is 1.54. The van der Waals surface area contributed by atoms with Gasteiger partial charge in [-0.15, -0.1) is 11.8 Å². The number of nitrogens with zero attached hydrogens (tertiary/aromatic N) is 2. The number of methoxy groups -OCH3 is 1. The lowest BCUT2D eigenvalue weighted by molar-refractivity contribution is -0.123. The molecule has 9 heteroatoms. The summed E-state index contributed by atoms with van der Waals surface area (Å²) < 4.78 is 32.5. The van der Waals surface area contributed by atoms with Crippen LogP contribution in [-0.4, -0.2) is 36.2 Å². The Kier molecular flexibility index (Phi) is 5.65. The third-order valence-corrected chi connectivity index (χ3v) is 7.39. The van der Waals surface area contributed by atoms with E-state index in [1.54, 1.807) is 35.2 Å². The van der Waals surface area contributed by atoms with E-state index >= 15 is 0 Å². The van der Waals surface area contributed by atoms with Gasteiger partial charge >= 0.3 is 6.03 Å². The number of ether oxygens (including phenoxy) is 1. The molecule has 1 saturated heterocycles. The van der Waals surface area contributed by atoms with Crippen LogP contribution in [-0.2, 0) is 16.2 Å². The molecule has 0 saturated carbocycles. The van der Waals surface area contributed by atoms with Crippen molar-refractivity contribution in [3.05, 3.63) is 89.5 Å². The summed E-state index contributed by atoms with van der Waals surface area (Å²) in [5.74, 6) is 0.0322. The van der Waals surface area contributed by atoms with Gasteiger partial charge < -0.3 is 15.0 Å². The van der Waals surface area contributed by atoms with Gasteiger partial charge in [0.15, 0.2) is 4.87 Å². The third kappa shape index (κ3) is 3.66. The fourth-order valence-corrected chi connectivity index (χ4v) is 5.87. The molecule has 6 nitrogen and oxygen atoms in total. The Bertz CT molecular complexity index is 1270. The number of hydrogen-bond acceptors (Lipinski definition) is 4. The lowest BCUT2D eigenvalue weighted by Gasteiger charge is -2.33. The van der Waals surface area contributed by atoms with Gasteiger partial charge in [-0.2, -0.15) is 0 Å². The van der Waals surface area contributed by atoms with Gasteiger partial charge in [-0.25, -0.2) is 13.6 Å². The van der Waals surface area contributed by atoms with E-state index in [1.807, 2.05) is 0 Å². The number of amides is 3. The van der Waals surface area contributed by atoms with E-state index in [1.165, 1.54) is 60.2 Å². The Morgan fingerprint density at radius 2 is 1.88 bits per heavy atom. The summed E-state index contributed by atoms with van der Waals surface area (Å²) in [6.07, 6.45) is 0. The highest BCUT2D eigenvalue weighted by Gasteiger charge is 2.59. The van der Waals surface area contributed by atoms with E-state index < -0.39 is 16.7 Å². The molecule has 0 bridgehead atoms. The van der Waals surface area contributed by atoms with Crippen molar-refractivity contribution in [2.75, 3.05) is 29.6 Å². The predicted octanol–water partition coefficient (Wildman–Crippen LogP) is 4.95. The standard InChI is InChI=1S/C25H21F2N3O3S/c1-33-20-9-10-22-21(14-20)25(23(31)29(22)15-16-3-2-4-18(27)13-16)30(11-12-34-25)24(32)28-19-7-5-17(26)6-8-19/h2-10,13-14H,11-12,15H2,1H3,(H,28,32). The normalized spacial score (nSPS) is 19.0. The van der Waals surface area contributed by atoms with Crippen molar-refractivity contribution in [2.45, 2.75) is 11.4 Å². The first-order chi connectivity index (χ1) is 16.4. The third-order valence-electron chi connectivity index (χ3n) is 5.97. The lowest BCUT2D eigenvalue weighted by atomic mass is 10.1. The molecule has 0 aliphatic carbocycles. The summed E-state index contributed by atoms with van der Waals surface area (Å²) >= 11 is 1.37. The first-order valence-corrected chi connectivity index (χ1v) is 11.6. The second kappa shape index (κ2) is 8.64. The lowest BCUT2D eigenvalue weighted by Crippen LogP contribution is -2.51. The van der Waals surface area contributed by atoms with Crippen LogP contribution in [0.3, 0.4) is 0 Å². The van der Waals surface area contributed by atoms with E-state index in [-0.39, 0.29) is 18.3 Å². The maximum absolute atomic E-state index is 14.0. The van der Waals surface area contributed by atoms with Gasteiger partial charge in [0.1, 0.15) is 17.4 Å². The molecule has 0 aromatic heterocycles. The Morgan fingerprint density at radius 3 is 2.62 bits per heavy atom. The number of anilines is 2. The molecule has 1 spiro atoms. The number of carbonyl (C=O) groups excluding carboxylic acids is 2. The maximum atomic E-state index is 14.0. The van der Waals surface area contributed by atoms with Crippen molar-refractivity contribution in [3.8, 4) is 5.75 Å². The first kappa shape index (κ1) is 22.2. The number of fused-ring (bicyclic) bond motifs is 2. The van der Waals surface area contributed by atoms with Crippen LogP contribution in [0.5, 0.6) is 5.75 Å². The largest absolute Gasteiger partial charge is 0.497 e. The minimum Gasteiger partial charge on any atom is -0.497 e. The van der Waals surface area contributed by atoms with Gasteiger partial charge in [-0.1, -0.05) is 12.1 Å². The zero-order chi connectivity index (χ0) is 23.9. The van der Waals surface area contributed by atoms with Crippen LogP contribution in [0.25, 0.3) is 0 Å². The molecule has 2 heterocycles. The number of rotatable bonds is 4. The molecule has 1 atom stereocenters. The Morgan fingerprint density at radius 1 is 1.09 bits per heavy atom. The fraction of sp³-hybridized carbons (Fsp3) is 0.200. The molecule has 0 radical (unpaired) electrons. The Hall–Kier alpha value is -3.59. The van der Waals surface area contributed by atoms with Crippen LogP contribution in [0.4, 0.5) is 25.0 Å². The molecule has 2 aliphatic heterocycles. The average Bonchev–Trinajstić information content (AvgIpc) is 3.37. The molecule has 2 aliphatic rings. The van der Waals surface area contributed by atoms with Crippen LogP contribution in [0.15, 0.2) is 66.7 Å². The molecule has 1 N–H and O–H groups in total. The number of urea groups is 1. The van der Waals surface area contributed by atoms with Crippen molar-refractivity contribution >= 4 is 35.1 Å². The number of halogens is 2. The first-order valence-electron chi connectivity index (χ1n) is 10.7. The van der Waals surface area contributed by atoms with Crippen molar-refractivity contribution in [2.24, 2.45) is 0 Å². The van der Waals surface area contributed by atoms with Gasteiger partial charge in [-0.3, -0.25) is 9.69 Å². The van der Waals surface area contributed by atoms with E-state index in [2.05, 4.69) is 5.32 Å². The summed E-state index contributed by atoms with van der Waals surface area (Å²) in [4.78, 5) is 29.1. The van der Waals surface area contributed by atoms with Crippen LogP contribution in [0.2, 0.25) is 0 Å².